The molecule has 1 heterocycles. The molecule has 0 amide bonds. The summed E-state index contributed by atoms with van der Waals surface area (Å²) in [6, 6.07) is 6.49. The highest BCUT2D eigenvalue weighted by Crippen LogP contribution is 2.20. The number of aromatic nitrogens is 2. The first kappa shape index (κ1) is 14.5. The fourth-order valence-electron chi connectivity index (χ4n) is 1.92. The third-order valence-electron chi connectivity index (χ3n) is 2.91. The van der Waals surface area contributed by atoms with E-state index in [4.69, 9.17) is 4.74 Å². The van der Waals surface area contributed by atoms with Crippen molar-refractivity contribution in [3.63, 3.8) is 0 Å². The molecule has 2 rings (SSSR count). The van der Waals surface area contributed by atoms with Crippen LogP contribution >= 0.6 is 0 Å². The lowest BCUT2D eigenvalue weighted by molar-refractivity contribution is 0.295. The quantitative estimate of drug-likeness (QED) is 0.791. The van der Waals surface area contributed by atoms with Crippen LogP contribution in [0, 0.1) is 5.82 Å². The van der Waals surface area contributed by atoms with Crippen LogP contribution in [0.1, 0.15) is 24.6 Å². The number of nitrogens with one attached hydrogen (secondary N) is 1. The Balaban J connectivity index is 2.01. The number of rotatable bonds is 7. The van der Waals surface area contributed by atoms with Gasteiger partial charge in [-0.3, -0.25) is 4.68 Å². The first-order valence-electron chi connectivity index (χ1n) is 6.79. The number of hydrogen-bond acceptors (Lipinski definition) is 3. The third kappa shape index (κ3) is 4.06. The maximum Gasteiger partial charge on any atom is 0.132 e. The summed E-state index contributed by atoms with van der Waals surface area (Å²) in [7, 11) is 1.86. The van der Waals surface area contributed by atoms with Crippen molar-refractivity contribution in [2.75, 3.05) is 6.54 Å². The molecule has 0 radical (unpaired) electrons. The van der Waals surface area contributed by atoms with E-state index in [1.54, 1.807) is 10.7 Å². The number of benzene rings is 1. The van der Waals surface area contributed by atoms with Crippen LogP contribution in [0.25, 0.3) is 0 Å². The number of hydrogen-bond donors (Lipinski definition) is 1. The highest BCUT2D eigenvalue weighted by molar-refractivity contribution is 5.34. The molecule has 0 atom stereocenters. The summed E-state index contributed by atoms with van der Waals surface area (Å²) >= 11 is 0. The normalized spacial score (nSPS) is 10.8. The Hall–Kier alpha value is -1.88. The maximum atomic E-state index is 13.3. The van der Waals surface area contributed by atoms with Gasteiger partial charge < -0.3 is 10.1 Å². The molecule has 1 N–H and O–H groups in total. The van der Waals surface area contributed by atoms with Crippen LogP contribution in [0.5, 0.6) is 5.75 Å². The van der Waals surface area contributed by atoms with Crippen molar-refractivity contribution in [3.05, 3.63) is 47.5 Å². The lowest BCUT2D eigenvalue weighted by atomic mass is 10.2. The van der Waals surface area contributed by atoms with Gasteiger partial charge in [0, 0.05) is 25.4 Å². The van der Waals surface area contributed by atoms with Gasteiger partial charge in [-0.05, 0) is 37.2 Å². The standard InChI is InChI=1S/C15H20FN3O/c1-3-7-17-10-12-9-13(16)4-5-15(12)20-11-14-6-8-19(2)18-14/h4-6,8-9,17H,3,7,10-11H2,1-2H3. The van der Waals surface area contributed by atoms with Gasteiger partial charge in [0.2, 0.25) is 0 Å². The van der Waals surface area contributed by atoms with Crippen molar-refractivity contribution in [1.82, 2.24) is 15.1 Å². The molecule has 1 aromatic heterocycles. The summed E-state index contributed by atoms with van der Waals surface area (Å²) in [5, 5.41) is 7.51. The molecule has 0 saturated carbocycles. The first-order valence-corrected chi connectivity index (χ1v) is 6.79. The van der Waals surface area contributed by atoms with E-state index in [1.807, 2.05) is 19.3 Å². The number of aryl methyl sites for hydroxylation is 1. The van der Waals surface area contributed by atoms with Crippen LogP contribution in [0.4, 0.5) is 4.39 Å². The predicted octanol–water partition coefficient (Wildman–Crippen LogP) is 2.64. The summed E-state index contributed by atoms with van der Waals surface area (Å²) in [5.74, 6) is 0.448. The van der Waals surface area contributed by atoms with E-state index in [-0.39, 0.29) is 5.82 Å². The number of halogens is 1. The minimum Gasteiger partial charge on any atom is -0.487 e. The molecule has 4 nitrogen and oxygen atoms in total. The van der Waals surface area contributed by atoms with E-state index < -0.39 is 0 Å². The van der Waals surface area contributed by atoms with Crippen LogP contribution in [-0.4, -0.2) is 16.3 Å². The van der Waals surface area contributed by atoms with Gasteiger partial charge in [-0.2, -0.15) is 5.10 Å². The monoisotopic (exact) mass is 277 g/mol. The van der Waals surface area contributed by atoms with Crippen molar-refractivity contribution in [2.24, 2.45) is 7.05 Å². The number of nitrogens with zero attached hydrogens (tertiary/aromatic N) is 2. The summed E-state index contributed by atoms with van der Waals surface area (Å²) in [5.41, 5.74) is 1.68. The molecule has 0 aliphatic rings. The van der Waals surface area contributed by atoms with E-state index >= 15 is 0 Å². The first-order chi connectivity index (χ1) is 9.69. The fourth-order valence-corrected chi connectivity index (χ4v) is 1.92. The second-order valence-electron chi connectivity index (χ2n) is 4.70. The summed E-state index contributed by atoms with van der Waals surface area (Å²) < 4.78 is 20.8. The molecule has 2 aromatic rings. The van der Waals surface area contributed by atoms with Gasteiger partial charge in [0.1, 0.15) is 18.2 Å². The predicted molar refractivity (Wildman–Crippen MR) is 75.9 cm³/mol. The van der Waals surface area contributed by atoms with Crippen LogP contribution in [-0.2, 0) is 20.2 Å². The second-order valence-corrected chi connectivity index (χ2v) is 4.70. The number of ether oxygens (including phenoxy) is 1. The molecule has 5 heteroatoms. The zero-order valence-electron chi connectivity index (χ0n) is 11.9. The van der Waals surface area contributed by atoms with Gasteiger partial charge in [0.15, 0.2) is 0 Å². The second kappa shape index (κ2) is 7.05. The molecule has 0 saturated heterocycles. The molecule has 0 aliphatic carbocycles. The molecular formula is C15H20FN3O. The summed E-state index contributed by atoms with van der Waals surface area (Å²) in [4.78, 5) is 0. The molecule has 1 aromatic carbocycles. The molecule has 0 fully saturated rings. The van der Waals surface area contributed by atoms with Gasteiger partial charge in [-0.1, -0.05) is 6.92 Å². The van der Waals surface area contributed by atoms with Crippen molar-refractivity contribution >= 4 is 0 Å². The smallest absolute Gasteiger partial charge is 0.132 e. The van der Waals surface area contributed by atoms with Crippen molar-refractivity contribution in [1.29, 1.82) is 0 Å². The molecule has 0 unspecified atom stereocenters. The zero-order valence-corrected chi connectivity index (χ0v) is 11.9. The molecule has 0 spiro atoms. The van der Waals surface area contributed by atoms with Crippen LogP contribution in [0.15, 0.2) is 30.5 Å². The highest BCUT2D eigenvalue weighted by atomic mass is 19.1. The molecule has 20 heavy (non-hydrogen) atoms. The highest BCUT2D eigenvalue weighted by Gasteiger charge is 2.06. The van der Waals surface area contributed by atoms with E-state index in [2.05, 4.69) is 17.3 Å². The third-order valence-corrected chi connectivity index (χ3v) is 2.91. The Bertz CT molecular complexity index is 554. The van der Waals surface area contributed by atoms with Gasteiger partial charge in [-0.15, -0.1) is 0 Å². The van der Waals surface area contributed by atoms with E-state index in [9.17, 15) is 4.39 Å². The lowest BCUT2D eigenvalue weighted by Crippen LogP contribution is -2.15. The topological polar surface area (TPSA) is 39.1 Å². The molecule has 0 bridgehead atoms. The van der Waals surface area contributed by atoms with Crippen molar-refractivity contribution in [3.8, 4) is 5.75 Å². The maximum absolute atomic E-state index is 13.3. The van der Waals surface area contributed by atoms with E-state index in [0.717, 1.165) is 24.2 Å². The van der Waals surface area contributed by atoms with Crippen LogP contribution in [0.2, 0.25) is 0 Å². The average molecular weight is 277 g/mol. The van der Waals surface area contributed by atoms with Gasteiger partial charge in [-0.25, -0.2) is 4.39 Å². The fraction of sp³-hybridized carbons (Fsp3) is 0.400. The summed E-state index contributed by atoms with van der Waals surface area (Å²) in [6.45, 7) is 3.98. The SMILES string of the molecule is CCCNCc1cc(F)ccc1OCc1ccn(C)n1. The minimum atomic E-state index is -0.247. The Morgan fingerprint density at radius 2 is 2.20 bits per heavy atom. The van der Waals surface area contributed by atoms with E-state index in [1.165, 1.54) is 12.1 Å². The van der Waals surface area contributed by atoms with Crippen LogP contribution < -0.4 is 10.1 Å². The Morgan fingerprint density at radius 1 is 1.35 bits per heavy atom. The lowest BCUT2D eigenvalue weighted by Gasteiger charge is -2.11. The molecular weight excluding hydrogens is 257 g/mol. The summed E-state index contributed by atoms with van der Waals surface area (Å²) in [6.07, 6.45) is 2.91. The minimum absolute atomic E-state index is 0.247. The van der Waals surface area contributed by atoms with Crippen molar-refractivity contribution < 1.29 is 9.13 Å². The van der Waals surface area contributed by atoms with Gasteiger partial charge in [0.25, 0.3) is 0 Å². The Labute approximate surface area is 118 Å². The van der Waals surface area contributed by atoms with Crippen molar-refractivity contribution in [2.45, 2.75) is 26.5 Å². The zero-order chi connectivity index (χ0) is 14.4. The average Bonchev–Trinajstić information content (AvgIpc) is 2.84. The van der Waals surface area contributed by atoms with Gasteiger partial charge in [0.05, 0.1) is 5.69 Å². The Morgan fingerprint density at radius 3 is 2.90 bits per heavy atom. The molecule has 108 valence electrons. The largest absolute Gasteiger partial charge is 0.487 e. The van der Waals surface area contributed by atoms with Crippen LogP contribution in [0.3, 0.4) is 0 Å². The molecule has 0 aliphatic heterocycles. The Kier molecular flexibility index (Phi) is 5.12. The van der Waals surface area contributed by atoms with Gasteiger partial charge >= 0.3 is 0 Å². The van der Waals surface area contributed by atoms with E-state index in [0.29, 0.717) is 18.9 Å².